The number of rotatable bonds is 5. The predicted molar refractivity (Wildman–Crippen MR) is 82.8 cm³/mol. The molecule has 3 N–H and O–H groups in total. The maximum Gasteiger partial charge on any atom is 0.303 e. The highest BCUT2D eigenvalue weighted by atomic mass is 32.2. The van der Waals surface area contributed by atoms with Crippen LogP contribution in [0.2, 0.25) is 0 Å². The molecule has 0 amide bonds. The van der Waals surface area contributed by atoms with Crippen LogP contribution in [0.3, 0.4) is 0 Å². The molecule has 1 aliphatic rings. The highest BCUT2D eigenvalue weighted by molar-refractivity contribution is 7.86. The van der Waals surface area contributed by atoms with Gasteiger partial charge in [-0.15, -0.1) is 0 Å². The topological polar surface area (TPSA) is 140 Å². The van der Waals surface area contributed by atoms with Crippen molar-refractivity contribution in [1.82, 2.24) is 0 Å². The van der Waals surface area contributed by atoms with E-state index in [1.54, 1.807) is 19.1 Å². The molecule has 140 valence electrons. The van der Waals surface area contributed by atoms with E-state index in [2.05, 4.69) is 4.74 Å². The molecule has 1 aromatic rings. The van der Waals surface area contributed by atoms with E-state index in [4.69, 9.17) is 8.92 Å². The lowest BCUT2D eigenvalue weighted by molar-refractivity contribution is -0.289. The first kappa shape index (κ1) is 19.8. The Balaban J connectivity index is 2.03. The van der Waals surface area contributed by atoms with Crippen molar-refractivity contribution in [2.45, 2.75) is 49.4 Å². The van der Waals surface area contributed by atoms with E-state index in [-0.39, 0.29) is 4.90 Å². The number of carbonyl (C=O) groups excluding carboxylic acids is 1. The summed E-state index contributed by atoms with van der Waals surface area (Å²) < 4.78 is 38.7. The van der Waals surface area contributed by atoms with Crippen molar-refractivity contribution in [3.63, 3.8) is 0 Å². The Morgan fingerprint density at radius 1 is 1.16 bits per heavy atom. The van der Waals surface area contributed by atoms with Crippen LogP contribution >= 0.6 is 0 Å². The van der Waals surface area contributed by atoms with Gasteiger partial charge in [-0.05, 0) is 19.1 Å². The van der Waals surface area contributed by atoms with Crippen LogP contribution in [-0.2, 0) is 28.6 Å². The number of aliphatic hydroxyl groups is 3. The van der Waals surface area contributed by atoms with E-state index in [9.17, 15) is 28.5 Å². The van der Waals surface area contributed by atoms with Crippen molar-refractivity contribution in [2.75, 3.05) is 6.61 Å². The summed E-state index contributed by atoms with van der Waals surface area (Å²) in [4.78, 5) is 10.9. The Morgan fingerprint density at radius 2 is 1.76 bits per heavy atom. The molecule has 0 spiro atoms. The normalized spacial score (nSPS) is 30.0. The summed E-state index contributed by atoms with van der Waals surface area (Å²) in [7, 11) is -4.11. The van der Waals surface area contributed by atoms with E-state index in [0.717, 1.165) is 12.5 Å². The third-order valence-corrected chi connectivity index (χ3v) is 4.96. The summed E-state index contributed by atoms with van der Waals surface area (Å²) in [6.07, 6.45) is -7.85. The highest BCUT2D eigenvalue weighted by Crippen LogP contribution is 2.24. The maximum absolute atomic E-state index is 12.1. The molecule has 0 aliphatic carbocycles. The molecule has 25 heavy (non-hydrogen) atoms. The fourth-order valence-corrected chi connectivity index (χ4v) is 3.23. The van der Waals surface area contributed by atoms with E-state index >= 15 is 0 Å². The van der Waals surface area contributed by atoms with Gasteiger partial charge in [0, 0.05) is 6.92 Å². The average molecular weight is 376 g/mol. The lowest BCUT2D eigenvalue weighted by Crippen LogP contribution is -2.59. The van der Waals surface area contributed by atoms with Gasteiger partial charge in [-0.1, -0.05) is 17.7 Å². The monoisotopic (exact) mass is 376 g/mol. The number of esters is 1. The minimum Gasteiger partial charge on any atom is -0.454 e. The quantitative estimate of drug-likeness (QED) is 0.439. The largest absolute Gasteiger partial charge is 0.454 e. The molecule has 0 aromatic heterocycles. The Labute approximate surface area is 144 Å². The van der Waals surface area contributed by atoms with Crippen LogP contribution in [0.25, 0.3) is 0 Å². The number of ether oxygens (including phenoxy) is 2. The van der Waals surface area contributed by atoms with Crippen LogP contribution in [0.15, 0.2) is 29.2 Å². The van der Waals surface area contributed by atoms with Gasteiger partial charge >= 0.3 is 5.97 Å². The van der Waals surface area contributed by atoms with E-state index in [1.165, 1.54) is 12.1 Å². The molecular formula is C15H20O9S. The summed E-state index contributed by atoms with van der Waals surface area (Å²) >= 11 is 0. The molecular weight excluding hydrogens is 356 g/mol. The van der Waals surface area contributed by atoms with Crippen LogP contribution in [0.4, 0.5) is 0 Å². The number of hydrogen-bond donors (Lipinski definition) is 3. The molecule has 1 fully saturated rings. The van der Waals surface area contributed by atoms with Crippen LogP contribution in [-0.4, -0.2) is 67.0 Å². The fourth-order valence-electron chi connectivity index (χ4n) is 2.31. The molecule has 0 radical (unpaired) electrons. The number of hydrogen-bond acceptors (Lipinski definition) is 9. The predicted octanol–water partition coefficient (Wildman–Crippen LogP) is -0.929. The summed E-state index contributed by atoms with van der Waals surface area (Å²) in [6, 6.07) is 5.92. The van der Waals surface area contributed by atoms with Crippen molar-refractivity contribution in [3.05, 3.63) is 29.8 Å². The van der Waals surface area contributed by atoms with E-state index < -0.39 is 53.4 Å². The molecule has 1 aliphatic heterocycles. The molecule has 9 nitrogen and oxygen atoms in total. The first-order chi connectivity index (χ1) is 11.6. The Bertz CT molecular complexity index is 700. The average Bonchev–Trinajstić information content (AvgIpc) is 2.54. The molecule has 1 saturated heterocycles. The van der Waals surface area contributed by atoms with Crippen molar-refractivity contribution in [1.29, 1.82) is 0 Å². The summed E-state index contributed by atoms with van der Waals surface area (Å²) in [6.45, 7) is 2.22. The first-order valence-corrected chi connectivity index (χ1v) is 8.85. The second-order valence-corrected chi connectivity index (χ2v) is 7.29. The first-order valence-electron chi connectivity index (χ1n) is 7.45. The third kappa shape index (κ3) is 4.75. The van der Waals surface area contributed by atoms with Gasteiger partial charge in [-0.2, -0.15) is 8.42 Å². The zero-order chi connectivity index (χ0) is 18.8. The molecule has 2 rings (SSSR count). The zero-order valence-corrected chi connectivity index (χ0v) is 14.4. The van der Waals surface area contributed by atoms with Gasteiger partial charge in [0.1, 0.15) is 18.3 Å². The Kier molecular flexibility index (Phi) is 6.14. The van der Waals surface area contributed by atoms with Crippen molar-refractivity contribution >= 4 is 16.1 Å². The minimum atomic E-state index is -4.11. The van der Waals surface area contributed by atoms with Gasteiger partial charge in [-0.25, -0.2) is 0 Å². The van der Waals surface area contributed by atoms with Crippen LogP contribution in [0, 0.1) is 6.92 Å². The second-order valence-electron chi connectivity index (χ2n) is 5.67. The number of benzene rings is 1. The van der Waals surface area contributed by atoms with Gasteiger partial charge in [0.25, 0.3) is 10.1 Å². The molecule has 0 unspecified atom stereocenters. The minimum absolute atomic E-state index is 0.0812. The molecule has 0 saturated carbocycles. The SMILES string of the molecule is CC(=O)O[C@@H]1[C@@H](O)[C@H](O)[C@@H](COS(=O)(=O)c2ccc(C)cc2)O[C@@H]1O. The molecule has 1 aromatic carbocycles. The molecule has 5 atom stereocenters. The van der Waals surface area contributed by atoms with E-state index in [0.29, 0.717) is 0 Å². The Morgan fingerprint density at radius 3 is 2.32 bits per heavy atom. The number of aliphatic hydroxyl groups excluding tert-OH is 3. The van der Waals surface area contributed by atoms with Crippen LogP contribution in [0.1, 0.15) is 12.5 Å². The smallest absolute Gasteiger partial charge is 0.303 e. The van der Waals surface area contributed by atoms with Crippen molar-refractivity contribution < 1.29 is 42.2 Å². The van der Waals surface area contributed by atoms with Gasteiger partial charge in [0.2, 0.25) is 0 Å². The second kappa shape index (κ2) is 7.77. The van der Waals surface area contributed by atoms with Gasteiger partial charge in [-0.3, -0.25) is 8.98 Å². The highest BCUT2D eigenvalue weighted by Gasteiger charge is 2.46. The maximum atomic E-state index is 12.1. The fraction of sp³-hybridized carbons (Fsp3) is 0.533. The van der Waals surface area contributed by atoms with Gasteiger partial charge in [0.05, 0.1) is 11.5 Å². The zero-order valence-electron chi connectivity index (χ0n) is 13.6. The van der Waals surface area contributed by atoms with Gasteiger partial charge in [0.15, 0.2) is 12.4 Å². The molecule has 0 bridgehead atoms. The third-order valence-electron chi connectivity index (χ3n) is 3.66. The van der Waals surface area contributed by atoms with Crippen molar-refractivity contribution in [2.24, 2.45) is 0 Å². The molecule has 10 heteroatoms. The summed E-state index contributed by atoms with van der Waals surface area (Å²) in [5.41, 5.74) is 0.868. The van der Waals surface area contributed by atoms with E-state index in [1.807, 2.05) is 0 Å². The number of carbonyl (C=O) groups is 1. The standard InChI is InChI=1S/C15H20O9S/c1-8-3-5-10(6-4-8)25(20,21)22-7-11-12(17)13(18)14(15(19)24-11)23-9(2)16/h3-6,11-15,17-19H,7H2,1-2H3/t11-,12-,13+,14-,15+/m1/s1. The van der Waals surface area contributed by atoms with Crippen molar-refractivity contribution in [3.8, 4) is 0 Å². The summed E-state index contributed by atoms with van der Waals surface area (Å²) in [5.74, 6) is -0.782. The van der Waals surface area contributed by atoms with Crippen LogP contribution < -0.4 is 0 Å². The lowest BCUT2D eigenvalue weighted by Gasteiger charge is -2.39. The van der Waals surface area contributed by atoms with Crippen LogP contribution in [0.5, 0.6) is 0 Å². The summed E-state index contributed by atoms with van der Waals surface area (Å²) in [5, 5.41) is 29.7. The lowest BCUT2D eigenvalue weighted by atomic mass is 9.99. The molecule has 1 heterocycles. The van der Waals surface area contributed by atoms with Gasteiger partial charge < -0.3 is 24.8 Å². The Hall–Kier alpha value is -1.56. The number of aryl methyl sites for hydroxylation is 1.